The summed E-state index contributed by atoms with van der Waals surface area (Å²) in [6, 6.07) is 0. The predicted molar refractivity (Wildman–Crippen MR) is 92.7 cm³/mol. The topological polar surface area (TPSA) is 38.8 Å². The zero-order valence-electron chi connectivity index (χ0n) is 15.0. The molecule has 1 amide bonds. The first-order valence-corrected chi connectivity index (χ1v) is 10.2. The lowest BCUT2D eigenvalue weighted by Crippen LogP contribution is -2.52. The highest BCUT2D eigenvalue weighted by Gasteiger charge is 2.42. The Morgan fingerprint density at radius 3 is 2.54 bits per heavy atom. The second-order valence-electron chi connectivity index (χ2n) is 8.65. The summed E-state index contributed by atoms with van der Waals surface area (Å²) in [6.07, 6.45) is 11.8. The van der Waals surface area contributed by atoms with Gasteiger partial charge in [-0.05, 0) is 69.6 Å². The van der Waals surface area contributed by atoms with E-state index < -0.39 is 0 Å². The first-order chi connectivity index (χ1) is 11.7. The smallest absolute Gasteiger partial charge is 0.225 e. The molecule has 4 nitrogen and oxygen atoms in total. The number of carbonyl (C=O) groups is 1. The molecule has 24 heavy (non-hydrogen) atoms. The third-order valence-corrected chi connectivity index (χ3v) is 6.76. The lowest BCUT2D eigenvalue weighted by Gasteiger charge is -2.47. The maximum absolute atomic E-state index is 12.4. The summed E-state index contributed by atoms with van der Waals surface area (Å²) in [5, 5.41) is 0. The van der Waals surface area contributed by atoms with Crippen LogP contribution in [0.5, 0.6) is 0 Å². The Morgan fingerprint density at radius 2 is 1.88 bits per heavy atom. The van der Waals surface area contributed by atoms with Crippen molar-refractivity contribution in [3.63, 3.8) is 0 Å². The van der Waals surface area contributed by atoms with Crippen LogP contribution in [0.25, 0.3) is 0 Å². The summed E-state index contributed by atoms with van der Waals surface area (Å²) in [5.74, 6) is 2.36. The largest absolute Gasteiger partial charge is 0.381 e. The Kier molecular flexibility index (Phi) is 5.14. The molecule has 2 saturated carbocycles. The van der Waals surface area contributed by atoms with Crippen LogP contribution >= 0.6 is 0 Å². The van der Waals surface area contributed by atoms with Crippen molar-refractivity contribution in [2.75, 3.05) is 32.9 Å². The number of likely N-dealkylation sites (tertiary alicyclic amines) is 1. The molecule has 0 bridgehead atoms. The summed E-state index contributed by atoms with van der Waals surface area (Å²) in [5.41, 5.74) is 0.0514. The second kappa shape index (κ2) is 7.33. The quantitative estimate of drug-likeness (QED) is 0.699. The molecular formula is C20H33NO3. The number of nitrogens with zero attached hydrogens (tertiary/aromatic N) is 1. The fourth-order valence-electron chi connectivity index (χ4n) is 4.56. The molecule has 2 aliphatic carbocycles. The van der Waals surface area contributed by atoms with E-state index in [9.17, 15) is 4.79 Å². The van der Waals surface area contributed by atoms with Crippen LogP contribution in [0, 0.1) is 17.8 Å². The first-order valence-electron chi connectivity index (χ1n) is 10.2. The van der Waals surface area contributed by atoms with Gasteiger partial charge in [0.15, 0.2) is 0 Å². The third-order valence-electron chi connectivity index (χ3n) is 6.76. The van der Waals surface area contributed by atoms with E-state index in [1.165, 1.54) is 38.5 Å². The van der Waals surface area contributed by atoms with Gasteiger partial charge in [-0.2, -0.15) is 0 Å². The van der Waals surface area contributed by atoms with Crippen LogP contribution < -0.4 is 0 Å². The van der Waals surface area contributed by atoms with Gasteiger partial charge in [0, 0.05) is 38.8 Å². The van der Waals surface area contributed by atoms with Gasteiger partial charge in [0.1, 0.15) is 0 Å². The van der Waals surface area contributed by atoms with E-state index in [0.29, 0.717) is 11.8 Å². The monoisotopic (exact) mass is 335 g/mol. The van der Waals surface area contributed by atoms with Gasteiger partial charge in [-0.25, -0.2) is 0 Å². The Bertz CT molecular complexity index is 436. The van der Waals surface area contributed by atoms with E-state index in [0.717, 1.165) is 70.4 Å². The molecule has 0 N–H and O–H groups in total. The second-order valence-corrected chi connectivity index (χ2v) is 8.65. The van der Waals surface area contributed by atoms with Gasteiger partial charge in [0.25, 0.3) is 0 Å². The van der Waals surface area contributed by atoms with Gasteiger partial charge in [0.2, 0.25) is 5.91 Å². The molecule has 0 radical (unpaired) electrons. The van der Waals surface area contributed by atoms with Crippen LogP contribution in [0.2, 0.25) is 0 Å². The number of hydrogen-bond acceptors (Lipinski definition) is 3. The maximum atomic E-state index is 12.4. The first kappa shape index (κ1) is 16.8. The molecule has 2 saturated heterocycles. The van der Waals surface area contributed by atoms with Crippen LogP contribution in [-0.2, 0) is 14.3 Å². The summed E-state index contributed by atoms with van der Waals surface area (Å²) in [6.45, 7) is 4.60. The summed E-state index contributed by atoms with van der Waals surface area (Å²) < 4.78 is 12.1. The number of rotatable bonds is 6. The van der Waals surface area contributed by atoms with Gasteiger partial charge in [-0.1, -0.05) is 6.42 Å². The van der Waals surface area contributed by atoms with Crippen molar-refractivity contribution in [3.8, 4) is 0 Å². The van der Waals surface area contributed by atoms with E-state index in [1.807, 2.05) is 0 Å². The van der Waals surface area contributed by atoms with Crippen molar-refractivity contribution in [2.45, 2.75) is 69.8 Å². The number of amides is 1. The SMILES string of the molecule is O=C(C1CCC1)N1CCC2(CC1)CC(CCOCC1CC1)CCO2. The zero-order valence-corrected chi connectivity index (χ0v) is 15.0. The molecule has 2 aliphatic heterocycles. The van der Waals surface area contributed by atoms with E-state index in [4.69, 9.17) is 9.47 Å². The minimum Gasteiger partial charge on any atom is -0.381 e. The molecule has 136 valence electrons. The van der Waals surface area contributed by atoms with Crippen molar-refractivity contribution < 1.29 is 14.3 Å². The molecule has 0 aromatic rings. The molecular weight excluding hydrogens is 302 g/mol. The van der Waals surface area contributed by atoms with E-state index in [-0.39, 0.29) is 5.60 Å². The van der Waals surface area contributed by atoms with Crippen LogP contribution in [0.3, 0.4) is 0 Å². The van der Waals surface area contributed by atoms with Crippen molar-refractivity contribution in [1.82, 2.24) is 4.90 Å². The molecule has 0 aromatic heterocycles. The summed E-state index contributed by atoms with van der Waals surface area (Å²) >= 11 is 0. The van der Waals surface area contributed by atoms with E-state index in [1.54, 1.807) is 0 Å². The minimum absolute atomic E-state index is 0.0514. The normalized spacial score (nSPS) is 30.3. The van der Waals surface area contributed by atoms with E-state index in [2.05, 4.69) is 4.90 Å². The average molecular weight is 335 g/mol. The van der Waals surface area contributed by atoms with Gasteiger partial charge in [-0.3, -0.25) is 4.79 Å². The highest BCUT2D eigenvalue weighted by Crippen LogP contribution is 2.40. The molecule has 2 heterocycles. The van der Waals surface area contributed by atoms with Crippen molar-refractivity contribution in [3.05, 3.63) is 0 Å². The number of carbonyl (C=O) groups excluding carboxylic acids is 1. The standard InChI is InChI=1S/C20H33NO3/c22-19(18-2-1-3-18)21-10-8-20(9-11-21)14-16(7-13-24-20)6-12-23-15-17-4-5-17/h16-18H,1-15H2. The molecule has 4 fully saturated rings. The Balaban J connectivity index is 1.21. The van der Waals surface area contributed by atoms with Gasteiger partial charge in [-0.15, -0.1) is 0 Å². The predicted octanol–water partition coefficient (Wildman–Crippen LogP) is 3.39. The maximum Gasteiger partial charge on any atom is 0.225 e. The van der Waals surface area contributed by atoms with E-state index >= 15 is 0 Å². The lowest BCUT2D eigenvalue weighted by molar-refractivity contribution is -0.153. The zero-order chi connectivity index (χ0) is 16.4. The van der Waals surface area contributed by atoms with Crippen molar-refractivity contribution in [2.24, 2.45) is 17.8 Å². The fraction of sp³-hybridized carbons (Fsp3) is 0.950. The number of hydrogen-bond donors (Lipinski definition) is 0. The minimum atomic E-state index is 0.0514. The Morgan fingerprint density at radius 1 is 1.08 bits per heavy atom. The Hall–Kier alpha value is -0.610. The van der Waals surface area contributed by atoms with Gasteiger partial charge in [0.05, 0.1) is 5.60 Å². The number of piperidine rings is 1. The average Bonchev–Trinajstić information content (AvgIpc) is 3.35. The van der Waals surface area contributed by atoms with Crippen molar-refractivity contribution >= 4 is 5.91 Å². The molecule has 1 spiro atoms. The fourth-order valence-corrected chi connectivity index (χ4v) is 4.56. The summed E-state index contributed by atoms with van der Waals surface area (Å²) in [4.78, 5) is 14.5. The van der Waals surface area contributed by atoms with Gasteiger partial charge < -0.3 is 14.4 Å². The third kappa shape index (κ3) is 3.96. The Labute approximate surface area is 146 Å². The van der Waals surface area contributed by atoms with Gasteiger partial charge >= 0.3 is 0 Å². The lowest BCUT2D eigenvalue weighted by atomic mass is 9.77. The van der Waals surface area contributed by atoms with Crippen molar-refractivity contribution in [1.29, 1.82) is 0 Å². The van der Waals surface area contributed by atoms with Crippen LogP contribution in [0.4, 0.5) is 0 Å². The number of ether oxygens (including phenoxy) is 2. The van der Waals surface area contributed by atoms with Crippen LogP contribution in [-0.4, -0.2) is 49.3 Å². The molecule has 4 aliphatic rings. The molecule has 1 unspecified atom stereocenters. The van der Waals surface area contributed by atoms with Crippen LogP contribution in [0.15, 0.2) is 0 Å². The molecule has 1 atom stereocenters. The molecule has 0 aromatic carbocycles. The van der Waals surface area contributed by atoms with Crippen LogP contribution in [0.1, 0.15) is 64.2 Å². The molecule has 4 heteroatoms. The summed E-state index contributed by atoms with van der Waals surface area (Å²) in [7, 11) is 0. The molecule has 4 rings (SSSR count). The highest BCUT2D eigenvalue weighted by atomic mass is 16.5. The highest BCUT2D eigenvalue weighted by molar-refractivity contribution is 5.79.